The summed E-state index contributed by atoms with van der Waals surface area (Å²) in [5.74, 6) is 0.174. The largest absolute Gasteiger partial charge is 0.497 e. The zero-order valence-electron chi connectivity index (χ0n) is 7.85. The highest BCUT2D eigenvalue weighted by atomic mass is 16.5. The Balaban J connectivity index is 2.99. The molecule has 0 unspecified atom stereocenters. The number of methoxy groups -OCH3 is 1. The Labute approximate surface area is 77.3 Å². The molecule has 1 aliphatic rings. The summed E-state index contributed by atoms with van der Waals surface area (Å²) in [7, 11) is 1.53. The van der Waals surface area contributed by atoms with Gasteiger partial charge in [-0.1, -0.05) is 13.2 Å². The topological polar surface area (TPSA) is 35.5 Å². The second kappa shape index (κ2) is 3.47. The van der Waals surface area contributed by atoms with Crippen LogP contribution in [0.15, 0.2) is 35.6 Å². The van der Waals surface area contributed by atoms with Crippen molar-refractivity contribution in [1.82, 2.24) is 0 Å². The smallest absolute Gasteiger partial charge is 0.338 e. The molecule has 0 aromatic rings. The Kier molecular flexibility index (Phi) is 2.56. The van der Waals surface area contributed by atoms with Gasteiger partial charge in [-0.2, -0.15) is 0 Å². The van der Waals surface area contributed by atoms with E-state index >= 15 is 0 Å². The van der Waals surface area contributed by atoms with E-state index in [-0.39, 0.29) is 12.6 Å². The van der Waals surface area contributed by atoms with Gasteiger partial charge in [0.1, 0.15) is 12.4 Å². The molecule has 0 N–H and O–H groups in total. The van der Waals surface area contributed by atoms with E-state index in [0.29, 0.717) is 11.3 Å². The van der Waals surface area contributed by atoms with Gasteiger partial charge in [-0.15, -0.1) is 0 Å². The van der Waals surface area contributed by atoms with Gasteiger partial charge in [-0.25, -0.2) is 4.79 Å². The first kappa shape index (κ1) is 9.58. The molecule has 3 nitrogen and oxygen atoms in total. The van der Waals surface area contributed by atoms with Gasteiger partial charge >= 0.3 is 5.97 Å². The molecule has 1 rings (SSSR count). The number of rotatable bonds is 2. The molecule has 3 heteroatoms. The van der Waals surface area contributed by atoms with Crippen LogP contribution in [0.3, 0.4) is 0 Å². The lowest BCUT2D eigenvalue weighted by Crippen LogP contribution is -1.96. The van der Waals surface area contributed by atoms with Gasteiger partial charge in [-0.3, -0.25) is 0 Å². The van der Waals surface area contributed by atoms with Crippen LogP contribution in [0.25, 0.3) is 0 Å². The summed E-state index contributed by atoms with van der Waals surface area (Å²) in [5, 5.41) is 0. The highest BCUT2D eigenvalue weighted by Crippen LogP contribution is 2.25. The Morgan fingerprint density at radius 3 is 2.62 bits per heavy atom. The second-order valence-electron chi connectivity index (χ2n) is 2.79. The number of allylic oxidation sites excluding steroid dienone is 1. The van der Waals surface area contributed by atoms with Crippen LogP contribution in [0.1, 0.15) is 6.92 Å². The van der Waals surface area contributed by atoms with Crippen molar-refractivity contribution in [3.63, 3.8) is 0 Å². The summed E-state index contributed by atoms with van der Waals surface area (Å²) in [6, 6.07) is 0. The molecular formula is C10H12O3. The van der Waals surface area contributed by atoms with E-state index in [2.05, 4.69) is 13.2 Å². The van der Waals surface area contributed by atoms with Crippen LogP contribution in [-0.2, 0) is 14.3 Å². The van der Waals surface area contributed by atoms with Crippen molar-refractivity contribution in [2.24, 2.45) is 0 Å². The molecule has 1 fully saturated rings. The molecule has 13 heavy (non-hydrogen) atoms. The molecular weight excluding hydrogens is 168 g/mol. The van der Waals surface area contributed by atoms with Gasteiger partial charge < -0.3 is 9.47 Å². The molecule has 0 atom stereocenters. The fourth-order valence-electron chi connectivity index (χ4n) is 1.09. The fourth-order valence-corrected chi connectivity index (χ4v) is 1.09. The minimum Gasteiger partial charge on any atom is -0.497 e. The predicted octanol–water partition coefficient (Wildman–Crippen LogP) is 1.58. The van der Waals surface area contributed by atoms with E-state index in [1.54, 1.807) is 0 Å². The molecule has 0 spiro atoms. The van der Waals surface area contributed by atoms with Crippen molar-refractivity contribution < 1.29 is 14.3 Å². The molecule has 70 valence electrons. The number of esters is 1. The van der Waals surface area contributed by atoms with Gasteiger partial charge in [-0.05, 0) is 12.5 Å². The molecule has 0 aliphatic carbocycles. The predicted molar refractivity (Wildman–Crippen MR) is 48.9 cm³/mol. The number of ether oxygens (including phenoxy) is 2. The van der Waals surface area contributed by atoms with Crippen molar-refractivity contribution in [2.75, 3.05) is 13.7 Å². The van der Waals surface area contributed by atoms with Crippen LogP contribution in [0.5, 0.6) is 0 Å². The summed E-state index contributed by atoms with van der Waals surface area (Å²) < 4.78 is 9.75. The lowest BCUT2D eigenvalue weighted by atomic mass is 10.0. The van der Waals surface area contributed by atoms with Gasteiger partial charge in [0, 0.05) is 5.57 Å². The average Bonchev–Trinajstić information content (AvgIpc) is 2.45. The Bertz CT molecular complexity index is 310. The first-order valence-electron chi connectivity index (χ1n) is 3.87. The van der Waals surface area contributed by atoms with Crippen LogP contribution in [-0.4, -0.2) is 19.7 Å². The summed E-state index contributed by atoms with van der Waals surface area (Å²) in [6.07, 6.45) is 0. The van der Waals surface area contributed by atoms with Gasteiger partial charge in [0.15, 0.2) is 0 Å². The lowest BCUT2D eigenvalue weighted by Gasteiger charge is -2.06. The average molecular weight is 180 g/mol. The number of carbonyl (C=O) groups is 1. The maximum atomic E-state index is 11.0. The van der Waals surface area contributed by atoms with Gasteiger partial charge in [0.25, 0.3) is 0 Å². The van der Waals surface area contributed by atoms with E-state index in [4.69, 9.17) is 9.47 Å². The van der Waals surface area contributed by atoms with Crippen LogP contribution in [0.2, 0.25) is 0 Å². The highest BCUT2D eigenvalue weighted by molar-refractivity contribution is 5.96. The minimum atomic E-state index is -0.363. The molecule has 0 aromatic heterocycles. The maximum absolute atomic E-state index is 11.0. The Morgan fingerprint density at radius 2 is 2.23 bits per heavy atom. The summed E-state index contributed by atoms with van der Waals surface area (Å²) in [4.78, 5) is 11.0. The molecule has 0 aromatic carbocycles. The monoisotopic (exact) mass is 180 g/mol. The lowest BCUT2D eigenvalue weighted by molar-refractivity contribution is -0.134. The Morgan fingerprint density at radius 1 is 1.62 bits per heavy atom. The van der Waals surface area contributed by atoms with Crippen LogP contribution in [0.4, 0.5) is 0 Å². The molecule has 1 saturated heterocycles. The summed E-state index contributed by atoms with van der Waals surface area (Å²) >= 11 is 0. The van der Waals surface area contributed by atoms with E-state index in [1.807, 2.05) is 6.92 Å². The molecule has 1 aliphatic heterocycles. The number of carbonyl (C=O) groups excluding carboxylic acids is 1. The number of hydrogen-bond acceptors (Lipinski definition) is 3. The van der Waals surface area contributed by atoms with Crippen molar-refractivity contribution in [2.45, 2.75) is 6.92 Å². The first-order chi connectivity index (χ1) is 6.07. The molecule has 0 saturated carbocycles. The second-order valence-corrected chi connectivity index (χ2v) is 2.79. The van der Waals surface area contributed by atoms with E-state index in [0.717, 1.165) is 11.1 Å². The SMILES string of the molecule is C=C(OC)/C(C)=C1/COC(=O)C1=C. The van der Waals surface area contributed by atoms with Crippen molar-refractivity contribution in [3.8, 4) is 0 Å². The number of cyclic esters (lactones) is 1. The number of hydrogen-bond donors (Lipinski definition) is 0. The van der Waals surface area contributed by atoms with E-state index in [9.17, 15) is 4.79 Å². The maximum Gasteiger partial charge on any atom is 0.338 e. The third-order valence-corrected chi connectivity index (χ3v) is 2.08. The van der Waals surface area contributed by atoms with Crippen LogP contribution in [0, 0.1) is 0 Å². The molecule has 0 radical (unpaired) electrons. The Hall–Kier alpha value is -1.51. The van der Waals surface area contributed by atoms with Crippen molar-refractivity contribution in [1.29, 1.82) is 0 Å². The van der Waals surface area contributed by atoms with Gasteiger partial charge in [0.05, 0.1) is 12.7 Å². The van der Waals surface area contributed by atoms with Gasteiger partial charge in [0.2, 0.25) is 0 Å². The fraction of sp³-hybridized carbons (Fsp3) is 0.300. The molecule has 1 heterocycles. The van der Waals surface area contributed by atoms with E-state index in [1.165, 1.54) is 7.11 Å². The van der Waals surface area contributed by atoms with Crippen molar-refractivity contribution >= 4 is 5.97 Å². The summed E-state index contributed by atoms with van der Waals surface area (Å²) in [5.41, 5.74) is 1.99. The zero-order valence-corrected chi connectivity index (χ0v) is 7.85. The van der Waals surface area contributed by atoms with Crippen LogP contribution >= 0.6 is 0 Å². The minimum absolute atomic E-state index is 0.270. The normalized spacial score (nSPS) is 19.8. The third kappa shape index (κ3) is 1.64. The first-order valence-corrected chi connectivity index (χ1v) is 3.87. The van der Waals surface area contributed by atoms with Crippen molar-refractivity contribution in [3.05, 3.63) is 35.6 Å². The summed E-state index contributed by atoms with van der Waals surface area (Å²) in [6.45, 7) is 9.41. The quantitative estimate of drug-likeness (QED) is 0.367. The molecule has 0 bridgehead atoms. The third-order valence-electron chi connectivity index (χ3n) is 2.08. The highest BCUT2D eigenvalue weighted by Gasteiger charge is 2.24. The standard InChI is InChI=1S/C10H12O3/c1-6(8(3)12-4)9-5-13-10(11)7(9)2/h2-3,5H2,1,4H3/b9-6-. The van der Waals surface area contributed by atoms with Crippen LogP contribution < -0.4 is 0 Å². The molecule has 0 amide bonds. The van der Waals surface area contributed by atoms with E-state index < -0.39 is 0 Å². The zero-order chi connectivity index (χ0) is 10.0.